The van der Waals surface area contributed by atoms with Crippen molar-refractivity contribution in [1.29, 1.82) is 0 Å². The van der Waals surface area contributed by atoms with Crippen molar-refractivity contribution in [2.24, 2.45) is 0 Å². The third-order valence-electron chi connectivity index (χ3n) is 4.83. The topological polar surface area (TPSA) is 114 Å². The van der Waals surface area contributed by atoms with E-state index < -0.39 is 10.0 Å². The van der Waals surface area contributed by atoms with Crippen molar-refractivity contribution in [2.75, 3.05) is 44.2 Å². The Morgan fingerprint density at radius 1 is 1.03 bits per heavy atom. The summed E-state index contributed by atoms with van der Waals surface area (Å²) < 4.78 is 38.1. The number of anilines is 1. The molecule has 1 aliphatic rings. The van der Waals surface area contributed by atoms with Gasteiger partial charge in [0.25, 0.3) is 15.9 Å². The molecule has 0 bridgehead atoms. The molecule has 0 unspecified atom stereocenters. The van der Waals surface area contributed by atoms with E-state index in [1.54, 1.807) is 17.0 Å². The highest BCUT2D eigenvalue weighted by Gasteiger charge is 2.17. The summed E-state index contributed by atoms with van der Waals surface area (Å²) in [7, 11) is -3.77. The summed E-state index contributed by atoms with van der Waals surface area (Å²) in [4.78, 5) is 26.2. The molecule has 1 fully saturated rings. The van der Waals surface area contributed by atoms with Gasteiger partial charge >= 0.3 is 0 Å². The largest absolute Gasteiger partial charge is 0.494 e. The molecule has 1 heterocycles. The molecule has 3 rings (SSSR count). The predicted molar refractivity (Wildman–Crippen MR) is 119 cm³/mol. The molecular formula is C22H27N3O6S. The lowest BCUT2D eigenvalue weighted by molar-refractivity contribution is -0.135. The van der Waals surface area contributed by atoms with Crippen LogP contribution in [0.1, 0.15) is 23.7 Å². The van der Waals surface area contributed by atoms with Crippen LogP contribution >= 0.6 is 0 Å². The smallest absolute Gasteiger partial charge is 0.261 e. The number of rotatable bonds is 9. The number of benzene rings is 2. The minimum atomic E-state index is -3.77. The van der Waals surface area contributed by atoms with Crippen LogP contribution in [0.5, 0.6) is 5.75 Å². The average Bonchev–Trinajstić information content (AvgIpc) is 2.80. The van der Waals surface area contributed by atoms with Crippen LogP contribution in [0, 0.1) is 0 Å². The first kappa shape index (κ1) is 23.6. The Bertz CT molecular complexity index is 1020. The first-order valence-corrected chi connectivity index (χ1v) is 11.9. The third kappa shape index (κ3) is 6.44. The van der Waals surface area contributed by atoms with Gasteiger partial charge in [0.1, 0.15) is 5.75 Å². The maximum atomic E-state index is 12.6. The zero-order chi connectivity index (χ0) is 23.0. The standard InChI is InChI=1S/C22H27N3O6S/c1-2-31-19-7-9-20(10-8-19)32(28,29)24-18-5-3-17(4-6-18)22(27)23-12-11-21(26)25-13-15-30-16-14-25/h3-10,24H,2,11-16H2,1H3,(H,23,27). The molecule has 9 nitrogen and oxygen atoms in total. The molecule has 1 aliphatic heterocycles. The van der Waals surface area contributed by atoms with Crippen LogP contribution in [0.2, 0.25) is 0 Å². The second kappa shape index (κ2) is 11.0. The average molecular weight is 462 g/mol. The molecule has 0 saturated carbocycles. The van der Waals surface area contributed by atoms with Gasteiger partial charge in [-0.15, -0.1) is 0 Å². The zero-order valence-electron chi connectivity index (χ0n) is 17.9. The van der Waals surface area contributed by atoms with Gasteiger partial charge in [0.05, 0.1) is 24.7 Å². The number of ether oxygens (including phenoxy) is 2. The van der Waals surface area contributed by atoms with Crippen molar-refractivity contribution in [3.8, 4) is 5.75 Å². The van der Waals surface area contributed by atoms with Crippen LogP contribution in [0.15, 0.2) is 53.4 Å². The van der Waals surface area contributed by atoms with Crippen LogP contribution < -0.4 is 14.8 Å². The zero-order valence-corrected chi connectivity index (χ0v) is 18.7. The molecule has 0 aromatic heterocycles. The fraction of sp³-hybridized carbons (Fsp3) is 0.364. The summed E-state index contributed by atoms with van der Waals surface area (Å²) in [5, 5.41) is 2.71. The highest BCUT2D eigenvalue weighted by Crippen LogP contribution is 2.19. The summed E-state index contributed by atoms with van der Waals surface area (Å²) in [6, 6.07) is 12.2. The number of sulfonamides is 1. The van der Waals surface area contributed by atoms with Crippen molar-refractivity contribution in [3.63, 3.8) is 0 Å². The molecule has 2 amide bonds. The summed E-state index contributed by atoms with van der Waals surface area (Å²) in [5.74, 6) is 0.238. The first-order chi connectivity index (χ1) is 15.4. The van der Waals surface area contributed by atoms with E-state index in [-0.39, 0.29) is 29.7 Å². The number of amides is 2. The summed E-state index contributed by atoms with van der Waals surface area (Å²) in [6.45, 7) is 4.78. The number of hydrogen-bond acceptors (Lipinski definition) is 6. The van der Waals surface area contributed by atoms with E-state index in [1.165, 1.54) is 36.4 Å². The number of morpholine rings is 1. The maximum absolute atomic E-state index is 12.6. The lowest BCUT2D eigenvalue weighted by atomic mass is 10.2. The molecule has 2 aromatic rings. The Labute approximate surface area is 187 Å². The van der Waals surface area contributed by atoms with Crippen LogP contribution in [-0.4, -0.2) is 64.6 Å². The molecule has 0 atom stereocenters. The van der Waals surface area contributed by atoms with E-state index in [4.69, 9.17) is 9.47 Å². The number of nitrogens with one attached hydrogen (secondary N) is 2. The SMILES string of the molecule is CCOc1ccc(S(=O)(=O)Nc2ccc(C(=O)NCCC(=O)N3CCOCC3)cc2)cc1. The number of carbonyl (C=O) groups excluding carboxylic acids is 2. The molecule has 2 N–H and O–H groups in total. The maximum Gasteiger partial charge on any atom is 0.261 e. The normalized spacial score (nSPS) is 14.0. The van der Waals surface area contributed by atoms with E-state index >= 15 is 0 Å². The van der Waals surface area contributed by atoms with E-state index in [1.807, 2.05) is 6.92 Å². The van der Waals surface area contributed by atoms with Crippen molar-refractivity contribution >= 4 is 27.5 Å². The monoisotopic (exact) mass is 461 g/mol. The molecule has 2 aromatic carbocycles. The first-order valence-electron chi connectivity index (χ1n) is 10.4. The lowest BCUT2D eigenvalue weighted by Gasteiger charge is -2.26. The fourth-order valence-corrected chi connectivity index (χ4v) is 4.20. The molecule has 10 heteroatoms. The summed E-state index contributed by atoms with van der Waals surface area (Å²) in [5.41, 5.74) is 0.700. The second-order valence-corrected chi connectivity index (χ2v) is 8.77. The minimum Gasteiger partial charge on any atom is -0.494 e. The minimum absolute atomic E-state index is 0.0207. The van der Waals surface area contributed by atoms with E-state index in [0.29, 0.717) is 49.9 Å². The van der Waals surface area contributed by atoms with Crippen LogP contribution in [0.25, 0.3) is 0 Å². The number of carbonyl (C=O) groups is 2. The number of hydrogen-bond donors (Lipinski definition) is 2. The molecule has 1 saturated heterocycles. The number of nitrogens with zero attached hydrogens (tertiary/aromatic N) is 1. The van der Waals surface area contributed by atoms with Crippen molar-refractivity contribution in [1.82, 2.24) is 10.2 Å². The molecule has 172 valence electrons. The van der Waals surface area contributed by atoms with Gasteiger partial charge in [-0.1, -0.05) is 0 Å². The fourth-order valence-electron chi connectivity index (χ4n) is 3.14. The van der Waals surface area contributed by atoms with Crippen molar-refractivity contribution < 1.29 is 27.5 Å². The van der Waals surface area contributed by atoms with Gasteiger partial charge in [-0.25, -0.2) is 8.42 Å². The van der Waals surface area contributed by atoms with Gasteiger partial charge in [-0.2, -0.15) is 0 Å². The van der Waals surface area contributed by atoms with E-state index in [2.05, 4.69) is 10.0 Å². The Hall–Kier alpha value is -3.11. The Morgan fingerprint density at radius 2 is 1.69 bits per heavy atom. The van der Waals surface area contributed by atoms with Gasteiger partial charge in [0, 0.05) is 37.3 Å². The highest BCUT2D eigenvalue weighted by molar-refractivity contribution is 7.92. The predicted octanol–water partition coefficient (Wildman–Crippen LogP) is 1.86. The van der Waals surface area contributed by atoms with Crippen LogP contribution in [0.3, 0.4) is 0 Å². The Balaban J connectivity index is 1.51. The quantitative estimate of drug-likeness (QED) is 0.589. The molecule has 0 spiro atoms. The molecular weight excluding hydrogens is 434 g/mol. The Kier molecular flexibility index (Phi) is 8.07. The molecule has 32 heavy (non-hydrogen) atoms. The van der Waals surface area contributed by atoms with Gasteiger partial charge in [-0.3, -0.25) is 14.3 Å². The van der Waals surface area contributed by atoms with Crippen molar-refractivity contribution in [2.45, 2.75) is 18.2 Å². The third-order valence-corrected chi connectivity index (χ3v) is 6.23. The van der Waals surface area contributed by atoms with Gasteiger partial charge in [0.15, 0.2) is 0 Å². The summed E-state index contributed by atoms with van der Waals surface area (Å²) in [6.07, 6.45) is 0.214. The van der Waals surface area contributed by atoms with Gasteiger partial charge < -0.3 is 19.7 Å². The second-order valence-electron chi connectivity index (χ2n) is 7.09. The van der Waals surface area contributed by atoms with Crippen molar-refractivity contribution in [3.05, 3.63) is 54.1 Å². The van der Waals surface area contributed by atoms with Gasteiger partial charge in [0.2, 0.25) is 5.91 Å². The van der Waals surface area contributed by atoms with Crippen LogP contribution in [-0.2, 0) is 19.6 Å². The summed E-state index contributed by atoms with van der Waals surface area (Å²) >= 11 is 0. The molecule has 0 radical (unpaired) electrons. The van der Waals surface area contributed by atoms with Crippen LogP contribution in [0.4, 0.5) is 5.69 Å². The van der Waals surface area contributed by atoms with Gasteiger partial charge in [-0.05, 0) is 55.5 Å². The Morgan fingerprint density at radius 3 is 2.31 bits per heavy atom. The van der Waals surface area contributed by atoms with E-state index in [0.717, 1.165) is 0 Å². The molecule has 0 aliphatic carbocycles. The highest BCUT2D eigenvalue weighted by atomic mass is 32.2. The van der Waals surface area contributed by atoms with E-state index in [9.17, 15) is 18.0 Å². The lowest BCUT2D eigenvalue weighted by Crippen LogP contribution is -2.42.